The molecule has 7 nitrogen and oxygen atoms in total. The van der Waals surface area contributed by atoms with Crippen molar-refractivity contribution in [3.05, 3.63) is 39.4 Å². The van der Waals surface area contributed by atoms with E-state index in [4.69, 9.17) is 9.47 Å². The van der Waals surface area contributed by atoms with Crippen LogP contribution >= 0.6 is 0 Å². The quantitative estimate of drug-likeness (QED) is 0.474. The van der Waals surface area contributed by atoms with Crippen molar-refractivity contribution in [1.29, 1.82) is 0 Å². The van der Waals surface area contributed by atoms with Crippen LogP contribution in [-0.4, -0.2) is 37.5 Å². The summed E-state index contributed by atoms with van der Waals surface area (Å²) < 4.78 is 15.4. The Morgan fingerprint density at radius 3 is 2.75 bits per heavy atom. The summed E-state index contributed by atoms with van der Waals surface area (Å²) in [5.74, 6) is -0.612. The number of ether oxygens (including phenoxy) is 3. The number of carbonyl (C=O) groups excluding carboxylic acids is 1. The predicted molar refractivity (Wildman–Crippen MR) is 68.4 cm³/mol. The van der Waals surface area contributed by atoms with Crippen LogP contribution in [0.4, 0.5) is 5.69 Å². The minimum absolute atomic E-state index is 0.134. The Balaban J connectivity index is 2.35. The first-order valence-electron chi connectivity index (χ1n) is 6.21. The number of esters is 1. The predicted octanol–water partition coefficient (Wildman–Crippen LogP) is 1.69. The van der Waals surface area contributed by atoms with Gasteiger partial charge < -0.3 is 14.2 Å². The third-order valence-corrected chi connectivity index (χ3v) is 3.02. The fourth-order valence-corrected chi connectivity index (χ4v) is 2.08. The Kier molecular flexibility index (Phi) is 4.65. The monoisotopic (exact) mass is 281 g/mol. The van der Waals surface area contributed by atoms with E-state index < -0.39 is 17.2 Å². The average Bonchev–Trinajstić information content (AvgIpc) is 2.47. The molecular formula is C13H15NO6. The molecule has 1 aromatic carbocycles. The van der Waals surface area contributed by atoms with Gasteiger partial charge in [0, 0.05) is 18.1 Å². The third kappa shape index (κ3) is 3.12. The van der Waals surface area contributed by atoms with Crippen LogP contribution in [0.25, 0.3) is 0 Å². The van der Waals surface area contributed by atoms with Gasteiger partial charge in [-0.3, -0.25) is 10.1 Å². The Labute approximate surface area is 115 Å². The van der Waals surface area contributed by atoms with Gasteiger partial charge in [0.15, 0.2) is 6.29 Å². The second kappa shape index (κ2) is 6.44. The summed E-state index contributed by atoms with van der Waals surface area (Å²) in [6, 6.07) is 4.30. The van der Waals surface area contributed by atoms with Crippen LogP contribution in [-0.2, 0) is 20.6 Å². The third-order valence-electron chi connectivity index (χ3n) is 3.02. The Morgan fingerprint density at radius 1 is 1.45 bits per heavy atom. The molecule has 0 atom stereocenters. The second-order valence-electron chi connectivity index (χ2n) is 4.28. The van der Waals surface area contributed by atoms with Crippen molar-refractivity contribution in [2.75, 3.05) is 20.3 Å². The maximum atomic E-state index is 11.7. The fraction of sp³-hybridized carbons (Fsp3) is 0.462. The Morgan fingerprint density at radius 2 is 2.15 bits per heavy atom. The van der Waals surface area contributed by atoms with Gasteiger partial charge in [-0.2, -0.15) is 0 Å². The van der Waals surface area contributed by atoms with Crippen molar-refractivity contribution in [3.63, 3.8) is 0 Å². The maximum Gasteiger partial charge on any atom is 0.338 e. The number of nitro groups is 1. The van der Waals surface area contributed by atoms with Crippen molar-refractivity contribution >= 4 is 11.7 Å². The molecule has 0 aliphatic carbocycles. The summed E-state index contributed by atoms with van der Waals surface area (Å²) in [6.45, 7) is 1.08. The van der Waals surface area contributed by atoms with E-state index in [1.165, 1.54) is 25.3 Å². The zero-order chi connectivity index (χ0) is 14.5. The number of hydrogen-bond acceptors (Lipinski definition) is 6. The lowest BCUT2D eigenvalue weighted by Gasteiger charge is -2.23. The van der Waals surface area contributed by atoms with Gasteiger partial charge in [-0.25, -0.2) is 4.79 Å². The molecule has 0 radical (unpaired) electrons. The smallest absolute Gasteiger partial charge is 0.338 e. The van der Waals surface area contributed by atoms with E-state index in [-0.39, 0.29) is 23.2 Å². The molecule has 1 saturated heterocycles. The van der Waals surface area contributed by atoms with Crippen LogP contribution in [0.15, 0.2) is 18.2 Å². The van der Waals surface area contributed by atoms with Gasteiger partial charge in [-0.1, -0.05) is 6.07 Å². The minimum Gasteiger partial charge on any atom is -0.465 e. The molecule has 1 aromatic rings. The molecule has 1 heterocycles. The molecule has 0 unspecified atom stereocenters. The minimum atomic E-state index is -0.612. The van der Waals surface area contributed by atoms with E-state index in [0.717, 1.165) is 6.42 Å². The van der Waals surface area contributed by atoms with Gasteiger partial charge in [-0.05, 0) is 12.5 Å². The number of hydrogen-bond donors (Lipinski definition) is 0. The molecule has 0 amide bonds. The van der Waals surface area contributed by atoms with Crippen LogP contribution in [0.2, 0.25) is 0 Å². The molecule has 1 aliphatic heterocycles. The zero-order valence-corrected chi connectivity index (χ0v) is 11.0. The van der Waals surface area contributed by atoms with Gasteiger partial charge in [0.05, 0.1) is 30.8 Å². The Bertz CT molecular complexity index is 510. The van der Waals surface area contributed by atoms with E-state index in [1.807, 2.05) is 0 Å². The normalized spacial score (nSPS) is 15.8. The van der Waals surface area contributed by atoms with Gasteiger partial charge in [0.1, 0.15) is 0 Å². The largest absolute Gasteiger partial charge is 0.465 e. The molecule has 1 aliphatic rings. The van der Waals surface area contributed by atoms with Gasteiger partial charge >= 0.3 is 5.97 Å². The number of rotatable bonds is 4. The first kappa shape index (κ1) is 14.4. The maximum absolute atomic E-state index is 11.7. The van der Waals surface area contributed by atoms with Gasteiger partial charge in [0.25, 0.3) is 5.69 Å². The average molecular weight is 281 g/mol. The lowest BCUT2D eigenvalue weighted by molar-refractivity contribution is -0.385. The zero-order valence-electron chi connectivity index (χ0n) is 11.0. The molecule has 7 heteroatoms. The standard InChI is InChI=1S/C13H15NO6/c1-18-13(15)9-4-2-5-11(14(16)17)10(9)8-12-19-6-3-7-20-12/h2,4-5,12H,3,6-8H2,1H3. The highest BCUT2D eigenvalue weighted by molar-refractivity contribution is 5.92. The van der Waals surface area contributed by atoms with E-state index in [2.05, 4.69) is 4.74 Å². The van der Waals surface area contributed by atoms with Crippen molar-refractivity contribution in [1.82, 2.24) is 0 Å². The van der Waals surface area contributed by atoms with Crippen LogP contribution in [0.5, 0.6) is 0 Å². The van der Waals surface area contributed by atoms with Crippen LogP contribution in [0.3, 0.4) is 0 Å². The number of methoxy groups -OCH3 is 1. The summed E-state index contributed by atoms with van der Waals surface area (Å²) in [7, 11) is 1.23. The molecule has 0 saturated carbocycles. The number of carbonyl (C=O) groups is 1. The van der Waals surface area contributed by atoms with E-state index >= 15 is 0 Å². The lowest BCUT2D eigenvalue weighted by Crippen LogP contribution is -2.28. The molecular weight excluding hydrogens is 266 g/mol. The highest BCUT2D eigenvalue weighted by Gasteiger charge is 2.26. The molecule has 0 bridgehead atoms. The van der Waals surface area contributed by atoms with Crippen molar-refractivity contribution in [2.24, 2.45) is 0 Å². The van der Waals surface area contributed by atoms with Crippen molar-refractivity contribution < 1.29 is 23.9 Å². The van der Waals surface area contributed by atoms with Crippen LogP contribution < -0.4 is 0 Å². The fourth-order valence-electron chi connectivity index (χ4n) is 2.08. The topological polar surface area (TPSA) is 87.9 Å². The summed E-state index contributed by atoms with van der Waals surface area (Å²) in [5.41, 5.74) is 0.307. The SMILES string of the molecule is COC(=O)c1cccc([N+](=O)[O-])c1CC1OCCCO1. The molecule has 2 rings (SSSR count). The number of benzene rings is 1. The summed E-state index contributed by atoms with van der Waals surface area (Å²) in [5, 5.41) is 11.1. The molecule has 0 aromatic heterocycles. The van der Waals surface area contributed by atoms with Gasteiger partial charge in [0.2, 0.25) is 0 Å². The molecule has 0 spiro atoms. The van der Waals surface area contributed by atoms with Crippen molar-refractivity contribution in [3.8, 4) is 0 Å². The highest BCUT2D eigenvalue weighted by Crippen LogP contribution is 2.26. The molecule has 108 valence electrons. The number of nitro benzene ring substituents is 1. The van der Waals surface area contributed by atoms with Crippen LogP contribution in [0.1, 0.15) is 22.3 Å². The summed E-state index contributed by atoms with van der Waals surface area (Å²) >= 11 is 0. The first-order chi connectivity index (χ1) is 9.63. The lowest BCUT2D eigenvalue weighted by atomic mass is 10.0. The molecule has 1 fully saturated rings. The highest BCUT2D eigenvalue weighted by atomic mass is 16.7. The molecule has 20 heavy (non-hydrogen) atoms. The van der Waals surface area contributed by atoms with E-state index in [1.54, 1.807) is 0 Å². The van der Waals surface area contributed by atoms with E-state index in [9.17, 15) is 14.9 Å². The van der Waals surface area contributed by atoms with Crippen molar-refractivity contribution in [2.45, 2.75) is 19.1 Å². The van der Waals surface area contributed by atoms with Crippen LogP contribution in [0, 0.1) is 10.1 Å². The molecule has 0 N–H and O–H groups in total. The first-order valence-corrected chi connectivity index (χ1v) is 6.21. The number of nitrogens with zero attached hydrogens (tertiary/aromatic N) is 1. The van der Waals surface area contributed by atoms with E-state index in [0.29, 0.717) is 13.2 Å². The second-order valence-corrected chi connectivity index (χ2v) is 4.28. The summed E-state index contributed by atoms with van der Waals surface area (Å²) in [6.07, 6.45) is 0.354. The summed E-state index contributed by atoms with van der Waals surface area (Å²) in [4.78, 5) is 22.3. The Hall–Kier alpha value is -1.99. The van der Waals surface area contributed by atoms with Gasteiger partial charge in [-0.15, -0.1) is 0 Å².